The number of carbonyl (C=O) groups excluding carboxylic acids is 1. The van der Waals surface area contributed by atoms with Gasteiger partial charge in [0.05, 0.1) is 19.3 Å². The molecular weight excluding hydrogens is 416 g/mol. The highest BCUT2D eigenvalue weighted by molar-refractivity contribution is 5.94. The van der Waals surface area contributed by atoms with Gasteiger partial charge in [0.2, 0.25) is 0 Å². The van der Waals surface area contributed by atoms with Gasteiger partial charge in [0.15, 0.2) is 0 Å². The third-order valence-electron chi connectivity index (χ3n) is 6.52. The topological polar surface area (TPSA) is 85.0 Å². The third-order valence-corrected chi connectivity index (χ3v) is 6.52. The number of benzene rings is 2. The second-order valence-corrected chi connectivity index (χ2v) is 8.26. The number of hydrogen-bond acceptors (Lipinski definition) is 5. The molecule has 2 aromatic rings. The number of nitrogens with two attached hydrogens (primary N) is 1. The van der Waals surface area contributed by atoms with Crippen LogP contribution in [0.2, 0.25) is 0 Å². The molecule has 1 amide bonds. The van der Waals surface area contributed by atoms with Crippen LogP contribution in [0.5, 0.6) is 11.5 Å². The van der Waals surface area contributed by atoms with Crippen LogP contribution in [-0.4, -0.2) is 48.8 Å². The average Bonchev–Trinajstić information content (AvgIpc) is 2.80. The summed E-state index contributed by atoms with van der Waals surface area (Å²) in [7, 11) is 1.61. The fraction of sp³-hybridized carbons (Fsp3) is 0.458. The van der Waals surface area contributed by atoms with E-state index in [-0.39, 0.29) is 30.5 Å². The molecule has 0 radical (unpaired) electrons. The third kappa shape index (κ3) is 4.66. The Balaban J connectivity index is 0.00000272. The molecule has 2 aliphatic heterocycles. The molecule has 168 valence electrons. The van der Waals surface area contributed by atoms with Gasteiger partial charge in [0, 0.05) is 37.2 Å². The van der Waals surface area contributed by atoms with Crippen LogP contribution in [0.3, 0.4) is 0 Å². The van der Waals surface area contributed by atoms with E-state index in [4.69, 9.17) is 15.2 Å². The van der Waals surface area contributed by atoms with Crippen LogP contribution in [-0.2, 0) is 11.2 Å². The maximum atomic E-state index is 12.8. The quantitative estimate of drug-likeness (QED) is 0.749. The van der Waals surface area contributed by atoms with Crippen LogP contribution in [0, 0.1) is 12.8 Å². The van der Waals surface area contributed by atoms with E-state index in [2.05, 4.69) is 0 Å². The van der Waals surface area contributed by atoms with Crippen molar-refractivity contribution in [1.82, 2.24) is 4.90 Å². The molecule has 2 heterocycles. The van der Waals surface area contributed by atoms with Gasteiger partial charge >= 0.3 is 0 Å². The highest BCUT2D eigenvalue weighted by Crippen LogP contribution is 2.40. The summed E-state index contributed by atoms with van der Waals surface area (Å²) < 4.78 is 11.5. The number of likely N-dealkylation sites (tertiary alicyclic amines) is 1. The Hall–Kier alpha value is -2.28. The van der Waals surface area contributed by atoms with Gasteiger partial charge in [-0.25, -0.2) is 0 Å². The molecule has 0 saturated carbocycles. The van der Waals surface area contributed by atoms with Crippen molar-refractivity contribution in [1.29, 1.82) is 0 Å². The zero-order valence-corrected chi connectivity index (χ0v) is 18.9. The minimum absolute atomic E-state index is 0. The Morgan fingerprint density at radius 3 is 2.48 bits per heavy atom. The van der Waals surface area contributed by atoms with Crippen LogP contribution in [0.4, 0.5) is 0 Å². The Labute approximate surface area is 189 Å². The molecule has 0 bridgehead atoms. The van der Waals surface area contributed by atoms with Gasteiger partial charge in [-0.15, -0.1) is 12.4 Å². The van der Waals surface area contributed by atoms with Crippen molar-refractivity contribution in [2.24, 2.45) is 11.7 Å². The smallest absolute Gasteiger partial charge is 0.253 e. The lowest BCUT2D eigenvalue weighted by molar-refractivity contribution is -0.0632. The Bertz CT molecular complexity index is 911. The standard InChI is InChI=1S/C24H30N2O4.ClH/c1-15-3-8-19-20(23(15)27)13-21(30-22(19)14-25)16-9-11-26(12-10-16)24(28)17-4-6-18(29-2)7-5-17;/h3-8,16,21-22,27H,9-14,25H2,1-2H3;1H/t21-,22-;/m0./s1. The van der Waals surface area contributed by atoms with Crippen molar-refractivity contribution >= 4 is 18.3 Å². The van der Waals surface area contributed by atoms with Crippen molar-refractivity contribution in [2.75, 3.05) is 26.7 Å². The second-order valence-electron chi connectivity index (χ2n) is 8.26. The number of phenols is 1. The number of phenolic OH excluding ortho intramolecular Hbond substituents is 1. The maximum Gasteiger partial charge on any atom is 0.253 e. The molecule has 0 unspecified atom stereocenters. The van der Waals surface area contributed by atoms with E-state index in [1.807, 2.05) is 48.2 Å². The minimum Gasteiger partial charge on any atom is -0.507 e. The fourth-order valence-electron chi connectivity index (χ4n) is 4.67. The maximum absolute atomic E-state index is 12.8. The predicted octanol–water partition coefficient (Wildman–Crippen LogP) is 3.62. The van der Waals surface area contributed by atoms with Crippen LogP contribution < -0.4 is 10.5 Å². The molecule has 31 heavy (non-hydrogen) atoms. The van der Waals surface area contributed by atoms with Crippen molar-refractivity contribution < 1.29 is 19.4 Å². The highest BCUT2D eigenvalue weighted by Gasteiger charge is 2.36. The molecule has 3 N–H and O–H groups in total. The Kier molecular flexibility index (Phi) is 7.46. The van der Waals surface area contributed by atoms with Crippen molar-refractivity contribution in [3.05, 3.63) is 58.7 Å². The molecular formula is C24H31ClN2O4. The zero-order chi connectivity index (χ0) is 21.3. The summed E-state index contributed by atoms with van der Waals surface area (Å²) in [5, 5.41) is 10.6. The van der Waals surface area contributed by atoms with E-state index in [0.717, 1.165) is 35.3 Å². The number of rotatable bonds is 4. The number of nitrogens with zero attached hydrogens (tertiary/aromatic N) is 1. The number of halogens is 1. The molecule has 7 heteroatoms. The first kappa shape index (κ1) is 23.4. The summed E-state index contributed by atoms with van der Waals surface area (Å²) in [5.74, 6) is 1.51. The molecule has 0 aliphatic carbocycles. The zero-order valence-electron chi connectivity index (χ0n) is 18.0. The first-order valence-electron chi connectivity index (χ1n) is 10.6. The van der Waals surface area contributed by atoms with Gasteiger partial charge in [-0.1, -0.05) is 12.1 Å². The van der Waals surface area contributed by atoms with E-state index in [0.29, 0.717) is 43.3 Å². The lowest BCUT2D eigenvalue weighted by Gasteiger charge is -2.40. The average molecular weight is 447 g/mol. The van der Waals surface area contributed by atoms with Crippen molar-refractivity contribution in [3.63, 3.8) is 0 Å². The van der Waals surface area contributed by atoms with Gasteiger partial charge in [-0.05, 0) is 61.1 Å². The lowest BCUT2D eigenvalue weighted by Crippen LogP contribution is -2.44. The van der Waals surface area contributed by atoms with Crippen LogP contribution in [0.1, 0.15) is 46.0 Å². The Morgan fingerprint density at radius 2 is 1.87 bits per heavy atom. The number of aryl methyl sites for hydroxylation is 1. The van der Waals surface area contributed by atoms with E-state index < -0.39 is 0 Å². The molecule has 1 fully saturated rings. The van der Waals surface area contributed by atoms with Gasteiger partial charge in [0.25, 0.3) is 5.91 Å². The summed E-state index contributed by atoms with van der Waals surface area (Å²) in [5.41, 5.74) is 9.51. The summed E-state index contributed by atoms with van der Waals surface area (Å²) in [6.45, 7) is 3.71. The molecule has 2 aromatic carbocycles. The first-order chi connectivity index (χ1) is 14.5. The summed E-state index contributed by atoms with van der Waals surface area (Å²) >= 11 is 0. The fourth-order valence-corrected chi connectivity index (χ4v) is 4.67. The number of fused-ring (bicyclic) bond motifs is 1. The number of aromatic hydroxyl groups is 1. The number of hydrogen-bond donors (Lipinski definition) is 2. The number of piperidine rings is 1. The van der Waals surface area contributed by atoms with Gasteiger partial charge in [-0.3, -0.25) is 4.79 Å². The summed E-state index contributed by atoms with van der Waals surface area (Å²) in [4.78, 5) is 14.7. The molecule has 0 spiro atoms. The van der Waals surface area contributed by atoms with Crippen molar-refractivity contribution in [2.45, 2.75) is 38.4 Å². The summed E-state index contributed by atoms with van der Waals surface area (Å²) in [6, 6.07) is 11.2. The summed E-state index contributed by atoms with van der Waals surface area (Å²) in [6.07, 6.45) is 2.27. The van der Waals surface area contributed by atoms with E-state index in [1.54, 1.807) is 7.11 Å². The molecule has 6 nitrogen and oxygen atoms in total. The van der Waals surface area contributed by atoms with Gasteiger partial charge < -0.3 is 25.2 Å². The highest BCUT2D eigenvalue weighted by atomic mass is 35.5. The van der Waals surface area contributed by atoms with E-state index in [1.165, 1.54) is 0 Å². The van der Waals surface area contributed by atoms with E-state index in [9.17, 15) is 9.90 Å². The van der Waals surface area contributed by atoms with Crippen LogP contribution in [0.15, 0.2) is 36.4 Å². The van der Waals surface area contributed by atoms with Crippen LogP contribution in [0.25, 0.3) is 0 Å². The number of ether oxygens (including phenoxy) is 2. The van der Waals surface area contributed by atoms with Crippen LogP contribution >= 0.6 is 12.4 Å². The number of amides is 1. The Morgan fingerprint density at radius 1 is 1.19 bits per heavy atom. The van der Waals surface area contributed by atoms with Gasteiger partial charge in [0.1, 0.15) is 11.5 Å². The van der Waals surface area contributed by atoms with E-state index >= 15 is 0 Å². The lowest BCUT2D eigenvalue weighted by atomic mass is 9.83. The number of carbonyl (C=O) groups is 1. The predicted molar refractivity (Wildman–Crippen MR) is 122 cm³/mol. The monoisotopic (exact) mass is 446 g/mol. The SMILES string of the molecule is COc1ccc(C(=O)N2CCC([C@@H]3Cc4c(ccc(C)c4O)[C@H](CN)O3)CC2)cc1.Cl. The molecule has 2 aliphatic rings. The van der Waals surface area contributed by atoms with Gasteiger partial charge in [-0.2, -0.15) is 0 Å². The molecule has 1 saturated heterocycles. The van der Waals surface area contributed by atoms with Crippen molar-refractivity contribution in [3.8, 4) is 11.5 Å². The largest absolute Gasteiger partial charge is 0.507 e. The normalized spacial score (nSPS) is 21.2. The molecule has 4 rings (SSSR count). The molecule has 2 atom stereocenters. The molecule has 0 aromatic heterocycles. The minimum atomic E-state index is -0.191. The first-order valence-corrected chi connectivity index (χ1v) is 10.6. The second kappa shape index (κ2) is 9.90. The number of methoxy groups -OCH3 is 1.